The van der Waals surface area contributed by atoms with Crippen LogP contribution < -0.4 is 5.32 Å². The molecule has 1 amide bonds. The second kappa shape index (κ2) is 6.35. The number of carbonyl (C=O) groups is 1. The van der Waals surface area contributed by atoms with Gasteiger partial charge in [-0.3, -0.25) is 4.79 Å². The van der Waals surface area contributed by atoms with Gasteiger partial charge >= 0.3 is 0 Å². The summed E-state index contributed by atoms with van der Waals surface area (Å²) in [5.41, 5.74) is 3.08. The predicted octanol–water partition coefficient (Wildman–Crippen LogP) is 2.66. The maximum Gasteiger partial charge on any atom is 0.251 e. The van der Waals surface area contributed by atoms with Crippen molar-refractivity contribution in [2.75, 3.05) is 11.0 Å². The van der Waals surface area contributed by atoms with Gasteiger partial charge in [0.1, 0.15) is 0 Å². The average molecular weight is 345 g/mol. The Labute approximate surface area is 115 Å². The van der Waals surface area contributed by atoms with E-state index in [2.05, 4.69) is 27.9 Å². The van der Waals surface area contributed by atoms with E-state index >= 15 is 0 Å². The molecule has 1 aliphatic heterocycles. The molecule has 0 saturated heterocycles. The van der Waals surface area contributed by atoms with Crippen LogP contribution in [0.5, 0.6) is 0 Å². The molecule has 0 fully saturated rings. The maximum atomic E-state index is 11.9. The standard InChI is InChI=1S/C13H16INO2/c14-5-1-2-6-15-13(16)10-3-4-11-8-17-9-12(11)7-10/h3-4,7H,1-2,5-6,8-9H2,(H,15,16). The van der Waals surface area contributed by atoms with E-state index in [0.29, 0.717) is 13.2 Å². The summed E-state index contributed by atoms with van der Waals surface area (Å²) in [5.74, 6) is 0.0214. The van der Waals surface area contributed by atoms with E-state index < -0.39 is 0 Å². The Bertz CT molecular complexity index is 406. The third-order valence-corrected chi connectivity index (χ3v) is 3.59. The molecule has 0 aliphatic carbocycles. The fraction of sp³-hybridized carbons (Fsp3) is 0.462. The van der Waals surface area contributed by atoms with Gasteiger partial charge in [0.25, 0.3) is 5.91 Å². The van der Waals surface area contributed by atoms with Gasteiger partial charge in [-0.15, -0.1) is 0 Å². The van der Waals surface area contributed by atoms with E-state index in [1.807, 2.05) is 18.2 Å². The minimum Gasteiger partial charge on any atom is -0.372 e. The second-order valence-electron chi connectivity index (χ2n) is 4.13. The number of halogens is 1. The molecule has 0 aromatic heterocycles. The molecule has 92 valence electrons. The summed E-state index contributed by atoms with van der Waals surface area (Å²) in [6.07, 6.45) is 2.20. The van der Waals surface area contributed by atoms with Gasteiger partial charge in [-0.2, -0.15) is 0 Å². The summed E-state index contributed by atoms with van der Waals surface area (Å²) < 4.78 is 6.47. The molecular formula is C13H16INO2. The molecule has 0 radical (unpaired) electrons. The Balaban J connectivity index is 1.91. The van der Waals surface area contributed by atoms with Crippen LogP contribution in [0.25, 0.3) is 0 Å². The number of unbranched alkanes of at least 4 members (excludes halogenated alkanes) is 1. The van der Waals surface area contributed by atoms with Gasteiger partial charge in [0, 0.05) is 12.1 Å². The lowest BCUT2D eigenvalue weighted by Crippen LogP contribution is -2.24. The normalized spacial score (nSPS) is 13.5. The fourth-order valence-corrected chi connectivity index (χ4v) is 2.38. The van der Waals surface area contributed by atoms with Crippen molar-refractivity contribution in [3.05, 3.63) is 34.9 Å². The van der Waals surface area contributed by atoms with Crippen molar-refractivity contribution in [1.29, 1.82) is 0 Å². The number of hydrogen-bond acceptors (Lipinski definition) is 2. The molecule has 1 aliphatic rings. The van der Waals surface area contributed by atoms with E-state index in [4.69, 9.17) is 4.74 Å². The smallest absolute Gasteiger partial charge is 0.251 e. The molecule has 3 nitrogen and oxygen atoms in total. The zero-order chi connectivity index (χ0) is 12.1. The lowest BCUT2D eigenvalue weighted by Gasteiger charge is -2.05. The van der Waals surface area contributed by atoms with Crippen molar-refractivity contribution < 1.29 is 9.53 Å². The molecule has 0 spiro atoms. The van der Waals surface area contributed by atoms with Gasteiger partial charge in [0.15, 0.2) is 0 Å². The van der Waals surface area contributed by atoms with Crippen LogP contribution in [-0.4, -0.2) is 16.9 Å². The van der Waals surface area contributed by atoms with Gasteiger partial charge < -0.3 is 10.1 Å². The summed E-state index contributed by atoms with van der Waals surface area (Å²) in [6.45, 7) is 2.06. The topological polar surface area (TPSA) is 38.3 Å². The lowest BCUT2D eigenvalue weighted by molar-refractivity contribution is 0.0953. The molecule has 0 unspecified atom stereocenters. The first-order chi connectivity index (χ1) is 8.31. The Kier molecular flexibility index (Phi) is 4.79. The van der Waals surface area contributed by atoms with Crippen LogP contribution >= 0.6 is 22.6 Å². The van der Waals surface area contributed by atoms with Crippen LogP contribution in [0.3, 0.4) is 0 Å². The molecule has 0 atom stereocenters. The SMILES string of the molecule is O=C(NCCCCI)c1ccc2c(c1)COC2. The third-order valence-electron chi connectivity index (χ3n) is 2.83. The molecule has 1 aromatic rings. The Morgan fingerprint density at radius 2 is 2.12 bits per heavy atom. The quantitative estimate of drug-likeness (QED) is 0.506. The summed E-state index contributed by atoms with van der Waals surface area (Å²) in [5, 5.41) is 2.94. The first kappa shape index (κ1) is 12.8. The molecule has 17 heavy (non-hydrogen) atoms. The Hall–Kier alpha value is -0.620. The van der Waals surface area contributed by atoms with E-state index in [1.165, 1.54) is 5.56 Å². The van der Waals surface area contributed by atoms with Crippen molar-refractivity contribution >= 4 is 28.5 Å². The maximum absolute atomic E-state index is 11.9. The number of benzene rings is 1. The summed E-state index contributed by atoms with van der Waals surface area (Å²) >= 11 is 2.35. The molecule has 0 saturated carbocycles. The molecule has 2 rings (SSSR count). The van der Waals surface area contributed by atoms with Crippen LogP contribution in [0, 0.1) is 0 Å². The zero-order valence-electron chi connectivity index (χ0n) is 9.67. The number of ether oxygens (including phenoxy) is 1. The Morgan fingerprint density at radius 3 is 2.94 bits per heavy atom. The molecule has 1 aromatic carbocycles. The predicted molar refractivity (Wildman–Crippen MR) is 75.4 cm³/mol. The van der Waals surface area contributed by atoms with Gasteiger partial charge in [0.05, 0.1) is 13.2 Å². The summed E-state index contributed by atoms with van der Waals surface area (Å²) in [4.78, 5) is 11.9. The average Bonchev–Trinajstić information content (AvgIpc) is 2.81. The molecule has 1 heterocycles. The molecule has 1 N–H and O–H groups in total. The number of carbonyl (C=O) groups excluding carboxylic acids is 1. The fourth-order valence-electron chi connectivity index (χ4n) is 1.84. The van der Waals surface area contributed by atoms with Crippen molar-refractivity contribution in [2.45, 2.75) is 26.1 Å². The van der Waals surface area contributed by atoms with Crippen LogP contribution in [-0.2, 0) is 18.0 Å². The van der Waals surface area contributed by atoms with Crippen LogP contribution in [0.15, 0.2) is 18.2 Å². The third kappa shape index (κ3) is 3.42. The molecule has 0 bridgehead atoms. The highest BCUT2D eigenvalue weighted by atomic mass is 127. The number of rotatable bonds is 5. The summed E-state index contributed by atoms with van der Waals surface area (Å²) in [7, 11) is 0. The first-order valence-electron chi connectivity index (χ1n) is 5.85. The number of amides is 1. The highest BCUT2D eigenvalue weighted by molar-refractivity contribution is 14.1. The largest absolute Gasteiger partial charge is 0.372 e. The van der Waals surface area contributed by atoms with Crippen LogP contribution in [0.2, 0.25) is 0 Å². The number of alkyl halides is 1. The number of hydrogen-bond donors (Lipinski definition) is 1. The van der Waals surface area contributed by atoms with Crippen LogP contribution in [0.4, 0.5) is 0 Å². The highest BCUT2D eigenvalue weighted by Crippen LogP contribution is 2.20. The number of nitrogens with one attached hydrogen (secondary N) is 1. The molecular weight excluding hydrogens is 329 g/mol. The monoisotopic (exact) mass is 345 g/mol. The minimum atomic E-state index is 0.0214. The lowest BCUT2D eigenvalue weighted by atomic mass is 10.1. The van der Waals surface area contributed by atoms with E-state index in [9.17, 15) is 4.79 Å². The van der Waals surface area contributed by atoms with E-state index in [0.717, 1.165) is 34.9 Å². The van der Waals surface area contributed by atoms with Crippen molar-refractivity contribution in [3.8, 4) is 0 Å². The highest BCUT2D eigenvalue weighted by Gasteiger charge is 2.13. The first-order valence-corrected chi connectivity index (χ1v) is 7.37. The van der Waals surface area contributed by atoms with Crippen LogP contribution in [0.1, 0.15) is 34.3 Å². The minimum absolute atomic E-state index is 0.0214. The second-order valence-corrected chi connectivity index (χ2v) is 5.21. The van der Waals surface area contributed by atoms with Gasteiger partial charge in [-0.1, -0.05) is 28.7 Å². The van der Waals surface area contributed by atoms with Gasteiger partial charge in [-0.25, -0.2) is 0 Å². The summed E-state index contributed by atoms with van der Waals surface area (Å²) in [6, 6.07) is 5.80. The Morgan fingerprint density at radius 1 is 1.29 bits per heavy atom. The van der Waals surface area contributed by atoms with Crippen molar-refractivity contribution in [3.63, 3.8) is 0 Å². The zero-order valence-corrected chi connectivity index (χ0v) is 11.8. The van der Waals surface area contributed by atoms with Gasteiger partial charge in [-0.05, 0) is 40.5 Å². The van der Waals surface area contributed by atoms with Crippen molar-refractivity contribution in [1.82, 2.24) is 5.32 Å². The van der Waals surface area contributed by atoms with E-state index in [1.54, 1.807) is 0 Å². The molecule has 4 heteroatoms. The number of fused-ring (bicyclic) bond motifs is 1. The van der Waals surface area contributed by atoms with Gasteiger partial charge in [0.2, 0.25) is 0 Å². The van der Waals surface area contributed by atoms with Crippen molar-refractivity contribution in [2.24, 2.45) is 0 Å². The van der Waals surface area contributed by atoms with E-state index in [-0.39, 0.29) is 5.91 Å².